The van der Waals surface area contributed by atoms with Gasteiger partial charge in [-0.3, -0.25) is 4.79 Å². The number of pyridine rings is 1. The topological polar surface area (TPSA) is 36.4 Å². The number of carbonyl (C=O) groups excluding carboxylic acids is 1. The zero-order valence-electron chi connectivity index (χ0n) is 12.1. The zero-order chi connectivity index (χ0) is 14.4. The molecule has 0 radical (unpaired) electrons. The van der Waals surface area contributed by atoms with Crippen molar-refractivity contribution < 1.29 is 4.79 Å². The van der Waals surface area contributed by atoms with Crippen LogP contribution in [0.4, 0.5) is 0 Å². The standard InChI is InChI=1S/C14H22BrN3O/c1-11(2)10-18(8-7-17(3)4)14(19)12-5-6-13(15)16-9-12/h5-6,9,11H,7-8,10H2,1-4H3. The predicted molar refractivity (Wildman–Crippen MR) is 81.2 cm³/mol. The molecule has 1 aromatic heterocycles. The molecular weight excluding hydrogens is 306 g/mol. The highest BCUT2D eigenvalue weighted by molar-refractivity contribution is 9.10. The average Bonchev–Trinajstić information content (AvgIpc) is 2.34. The van der Waals surface area contributed by atoms with Crippen LogP contribution in [0.5, 0.6) is 0 Å². The summed E-state index contributed by atoms with van der Waals surface area (Å²) in [6.45, 7) is 6.61. The molecule has 1 amide bonds. The Kier molecular flexibility index (Phi) is 6.45. The normalized spacial score (nSPS) is 11.1. The maximum atomic E-state index is 12.5. The van der Waals surface area contributed by atoms with E-state index >= 15 is 0 Å². The van der Waals surface area contributed by atoms with Gasteiger partial charge < -0.3 is 9.80 Å². The van der Waals surface area contributed by atoms with Gasteiger partial charge in [-0.25, -0.2) is 4.98 Å². The second-order valence-corrected chi connectivity index (χ2v) is 6.13. The first-order valence-electron chi connectivity index (χ1n) is 6.45. The second kappa shape index (κ2) is 7.60. The Bertz CT molecular complexity index is 404. The lowest BCUT2D eigenvalue weighted by atomic mass is 10.1. The second-order valence-electron chi connectivity index (χ2n) is 5.32. The van der Waals surface area contributed by atoms with Crippen LogP contribution >= 0.6 is 15.9 Å². The van der Waals surface area contributed by atoms with E-state index in [4.69, 9.17) is 0 Å². The summed E-state index contributed by atoms with van der Waals surface area (Å²) in [5.41, 5.74) is 0.641. The summed E-state index contributed by atoms with van der Waals surface area (Å²) < 4.78 is 0.743. The van der Waals surface area contributed by atoms with Crippen LogP contribution in [-0.2, 0) is 0 Å². The number of aromatic nitrogens is 1. The van der Waals surface area contributed by atoms with Crippen molar-refractivity contribution in [3.63, 3.8) is 0 Å². The molecule has 0 bridgehead atoms. The quantitative estimate of drug-likeness (QED) is 0.753. The van der Waals surface area contributed by atoms with Crippen LogP contribution in [0.25, 0.3) is 0 Å². The highest BCUT2D eigenvalue weighted by Crippen LogP contribution is 2.10. The van der Waals surface area contributed by atoms with Crippen LogP contribution < -0.4 is 0 Å². The highest BCUT2D eigenvalue weighted by Gasteiger charge is 2.17. The Morgan fingerprint density at radius 3 is 2.47 bits per heavy atom. The number of hydrogen-bond donors (Lipinski definition) is 0. The molecule has 1 aromatic rings. The van der Waals surface area contributed by atoms with Crippen molar-refractivity contribution in [1.29, 1.82) is 0 Å². The third kappa shape index (κ3) is 5.70. The van der Waals surface area contributed by atoms with Gasteiger partial charge in [-0.2, -0.15) is 0 Å². The van der Waals surface area contributed by atoms with Crippen molar-refractivity contribution in [3.05, 3.63) is 28.5 Å². The van der Waals surface area contributed by atoms with Gasteiger partial charge in [0.15, 0.2) is 0 Å². The fourth-order valence-corrected chi connectivity index (χ4v) is 1.96. The van der Waals surface area contributed by atoms with E-state index in [1.54, 1.807) is 12.3 Å². The van der Waals surface area contributed by atoms with Crippen molar-refractivity contribution in [2.24, 2.45) is 5.92 Å². The van der Waals surface area contributed by atoms with E-state index in [-0.39, 0.29) is 5.91 Å². The lowest BCUT2D eigenvalue weighted by Gasteiger charge is -2.26. The monoisotopic (exact) mass is 327 g/mol. The number of amides is 1. The van der Waals surface area contributed by atoms with Crippen LogP contribution in [0.2, 0.25) is 0 Å². The lowest BCUT2D eigenvalue weighted by molar-refractivity contribution is 0.0724. The molecular formula is C14H22BrN3O. The SMILES string of the molecule is CC(C)CN(CCN(C)C)C(=O)c1ccc(Br)nc1. The van der Waals surface area contributed by atoms with Crippen LogP contribution in [0.1, 0.15) is 24.2 Å². The molecule has 0 atom stereocenters. The van der Waals surface area contributed by atoms with Crippen molar-refractivity contribution in [1.82, 2.24) is 14.8 Å². The molecule has 0 N–H and O–H groups in total. The van der Waals surface area contributed by atoms with E-state index in [2.05, 4.69) is 39.7 Å². The minimum absolute atomic E-state index is 0.0514. The van der Waals surface area contributed by atoms with E-state index in [1.165, 1.54) is 0 Å². The Morgan fingerprint density at radius 1 is 1.32 bits per heavy atom. The summed E-state index contributed by atoms with van der Waals surface area (Å²) in [6, 6.07) is 3.61. The van der Waals surface area contributed by atoms with Crippen LogP contribution in [-0.4, -0.2) is 54.4 Å². The minimum atomic E-state index is 0.0514. The molecule has 0 saturated heterocycles. The van der Waals surface area contributed by atoms with Gasteiger partial charge >= 0.3 is 0 Å². The summed E-state index contributed by atoms with van der Waals surface area (Å²) in [5, 5.41) is 0. The molecule has 0 aliphatic heterocycles. The molecule has 0 aliphatic carbocycles. The first-order chi connectivity index (χ1) is 8.90. The number of likely N-dealkylation sites (N-methyl/N-ethyl adjacent to an activating group) is 1. The molecule has 0 saturated carbocycles. The van der Waals surface area contributed by atoms with Gasteiger partial charge in [-0.15, -0.1) is 0 Å². The largest absolute Gasteiger partial charge is 0.337 e. The number of rotatable bonds is 6. The molecule has 0 unspecified atom stereocenters. The smallest absolute Gasteiger partial charge is 0.255 e. The molecule has 1 rings (SSSR count). The van der Waals surface area contributed by atoms with Crippen LogP contribution in [0.3, 0.4) is 0 Å². The third-order valence-corrected chi connectivity index (χ3v) is 3.13. The molecule has 1 heterocycles. The molecule has 106 valence electrons. The number of carbonyl (C=O) groups is 1. The first kappa shape index (κ1) is 16.1. The Balaban J connectivity index is 2.77. The molecule has 4 nitrogen and oxygen atoms in total. The van der Waals surface area contributed by atoms with Gasteiger partial charge in [0.25, 0.3) is 5.91 Å². The average molecular weight is 328 g/mol. The summed E-state index contributed by atoms with van der Waals surface area (Å²) in [7, 11) is 4.03. The van der Waals surface area contributed by atoms with Crippen molar-refractivity contribution in [2.75, 3.05) is 33.7 Å². The Labute approximate surface area is 123 Å². The predicted octanol–water partition coefficient (Wildman–Crippen LogP) is 2.50. The maximum Gasteiger partial charge on any atom is 0.255 e. The number of nitrogens with zero attached hydrogens (tertiary/aromatic N) is 3. The summed E-state index contributed by atoms with van der Waals surface area (Å²) in [5.74, 6) is 0.505. The van der Waals surface area contributed by atoms with Gasteiger partial charge in [0.2, 0.25) is 0 Å². The molecule has 0 aliphatic rings. The van der Waals surface area contributed by atoms with Gasteiger partial charge in [0.05, 0.1) is 5.56 Å². The maximum absolute atomic E-state index is 12.5. The third-order valence-electron chi connectivity index (χ3n) is 2.66. The number of halogens is 1. The van der Waals surface area contributed by atoms with Crippen molar-refractivity contribution in [2.45, 2.75) is 13.8 Å². The zero-order valence-corrected chi connectivity index (χ0v) is 13.6. The molecule has 5 heteroatoms. The van der Waals surface area contributed by atoms with Crippen LogP contribution in [0.15, 0.2) is 22.9 Å². The summed E-state index contributed by atoms with van der Waals surface area (Å²) in [4.78, 5) is 20.6. The van der Waals surface area contributed by atoms with E-state index in [9.17, 15) is 4.79 Å². The Morgan fingerprint density at radius 2 is 2.00 bits per heavy atom. The first-order valence-corrected chi connectivity index (χ1v) is 7.25. The van der Waals surface area contributed by atoms with Crippen LogP contribution in [0, 0.1) is 5.92 Å². The van der Waals surface area contributed by atoms with Gasteiger partial charge in [-0.05, 0) is 48.1 Å². The summed E-state index contributed by atoms with van der Waals surface area (Å²) >= 11 is 3.28. The van der Waals surface area contributed by atoms with E-state index < -0.39 is 0 Å². The minimum Gasteiger partial charge on any atom is -0.337 e. The highest BCUT2D eigenvalue weighted by atomic mass is 79.9. The fraction of sp³-hybridized carbons (Fsp3) is 0.571. The molecule has 0 spiro atoms. The van der Waals surface area contributed by atoms with Crippen molar-refractivity contribution in [3.8, 4) is 0 Å². The van der Waals surface area contributed by atoms with Gasteiger partial charge in [0.1, 0.15) is 4.60 Å². The van der Waals surface area contributed by atoms with E-state index in [0.717, 1.165) is 24.2 Å². The number of hydrogen-bond acceptors (Lipinski definition) is 3. The summed E-state index contributed by atoms with van der Waals surface area (Å²) in [6.07, 6.45) is 1.62. The Hall–Kier alpha value is -0.940. The molecule has 0 fully saturated rings. The van der Waals surface area contributed by atoms with Gasteiger partial charge in [0, 0.05) is 25.8 Å². The lowest BCUT2D eigenvalue weighted by Crippen LogP contribution is -2.39. The van der Waals surface area contributed by atoms with E-state index in [0.29, 0.717) is 11.5 Å². The van der Waals surface area contributed by atoms with Crippen molar-refractivity contribution >= 4 is 21.8 Å². The fourth-order valence-electron chi connectivity index (χ4n) is 1.72. The molecule has 0 aromatic carbocycles. The van der Waals surface area contributed by atoms with Gasteiger partial charge in [-0.1, -0.05) is 13.8 Å². The molecule has 19 heavy (non-hydrogen) atoms. The van der Waals surface area contributed by atoms with E-state index in [1.807, 2.05) is 25.1 Å².